The number of amides is 3. The standard InChI is InChI=1S/C31H43N5O6S2/c1-16(2)44(41,42)35-25(30(3,4)5)29(40)36-15-18-22(31(18,6)7)23(36)27(39)33-20(14-17-12-13-32-26(17)38)24(37)28-34-19-10-8-9-11-21(19)43-28/h8-11,16-18,20,22-23,25,35H,12-15H2,1-7H3,(H,32,38)(H,33,39)/t17-,18?,20-,22?,23?,25+/m0/s1. The molecule has 240 valence electrons. The van der Waals surface area contributed by atoms with Gasteiger partial charge in [-0.2, -0.15) is 0 Å². The predicted octanol–water partition coefficient (Wildman–Crippen LogP) is 2.72. The highest BCUT2D eigenvalue weighted by Crippen LogP contribution is 2.65. The number of fused-ring (bicyclic) bond motifs is 2. The lowest BCUT2D eigenvalue weighted by Crippen LogP contribution is -2.60. The Balaban J connectivity index is 1.44. The molecule has 3 amide bonds. The van der Waals surface area contributed by atoms with Crippen LogP contribution in [-0.4, -0.2) is 78.3 Å². The molecule has 3 unspecified atom stereocenters. The van der Waals surface area contributed by atoms with Gasteiger partial charge in [-0.25, -0.2) is 18.1 Å². The maximum absolute atomic E-state index is 14.2. The van der Waals surface area contributed by atoms with E-state index in [-0.39, 0.29) is 40.4 Å². The Morgan fingerprint density at radius 1 is 1.18 bits per heavy atom. The second-order valence-corrected chi connectivity index (χ2v) is 17.6. The summed E-state index contributed by atoms with van der Waals surface area (Å²) < 4.78 is 29.2. The average molecular weight is 646 g/mol. The van der Waals surface area contributed by atoms with Crippen LogP contribution < -0.4 is 15.4 Å². The molecule has 1 aromatic heterocycles. The first kappa shape index (κ1) is 32.5. The van der Waals surface area contributed by atoms with E-state index in [9.17, 15) is 27.6 Å². The van der Waals surface area contributed by atoms with Crippen molar-refractivity contribution in [3.05, 3.63) is 29.3 Å². The molecule has 0 bridgehead atoms. The number of para-hydroxylation sites is 1. The summed E-state index contributed by atoms with van der Waals surface area (Å²) in [7, 11) is -3.80. The third-order valence-corrected chi connectivity index (χ3v) is 12.5. The highest BCUT2D eigenvalue weighted by molar-refractivity contribution is 7.90. The molecule has 11 nitrogen and oxygen atoms in total. The number of hydrogen-bond acceptors (Lipinski definition) is 8. The number of piperidine rings is 1. The number of hydrogen-bond donors (Lipinski definition) is 3. The van der Waals surface area contributed by atoms with E-state index < -0.39 is 56.5 Å². The predicted molar refractivity (Wildman–Crippen MR) is 168 cm³/mol. The van der Waals surface area contributed by atoms with E-state index in [1.807, 2.05) is 24.3 Å². The van der Waals surface area contributed by atoms with Crippen molar-refractivity contribution in [1.82, 2.24) is 25.2 Å². The van der Waals surface area contributed by atoms with Crippen LogP contribution in [0.15, 0.2) is 24.3 Å². The van der Waals surface area contributed by atoms with E-state index in [0.717, 1.165) is 4.70 Å². The van der Waals surface area contributed by atoms with Crippen LogP contribution >= 0.6 is 11.3 Å². The fourth-order valence-electron chi connectivity index (χ4n) is 6.65. The topological polar surface area (TPSA) is 155 Å². The van der Waals surface area contributed by atoms with Gasteiger partial charge in [-0.05, 0) is 61.5 Å². The molecule has 2 aromatic rings. The summed E-state index contributed by atoms with van der Waals surface area (Å²) in [6.45, 7) is 13.4. The molecule has 3 heterocycles. The Hall–Kier alpha value is -2.90. The summed E-state index contributed by atoms with van der Waals surface area (Å²) in [6, 6.07) is 4.39. The van der Waals surface area contributed by atoms with Gasteiger partial charge in [0.05, 0.1) is 21.5 Å². The number of carbonyl (C=O) groups is 4. The first-order valence-corrected chi connectivity index (χ1v) is 17.6. The first-order chi connectivity index (χ1) is 20.4. The van der Waals surface area contributed by atoms with Gasteiger partial charge in [0.1, 0.15) is 12.1 Å². The van der Waals surface area contributed by atoms with Crippen LogP contribution in [0.4, 0.5) is 0 Å². The normalized spacial score (nSPS) is 25.9. The van der Waals surface area contributed by atoms with E-state index in [2.05, 4.69) is 34.2 Å². The van der Waals surface area contributed by atoms with Crippen molar-refractivity contribution in [2.75, 3.05) is 13.1 Å². The zero-order valence-corrected chi connectivity index (χ0v) is 28.0. The zero-order chi connectivity index (χ0) is 32.4. The molecule has 44 heavy (non-hydrogen) atoms. The lowest BCUT2D eigenvalue weighted by molar-refractivity contribution is -0.143. The van der Waals surface area contributed by atoms with E-state index in [1.54, 1.807) is 34.6 Å². The third-order valence-electron chi connectivity index (χ3n) is 9.60. The highest BCUT2D eigenvalue weighted by atomic mass is 32.2. The minimum atomic E-state index is -3.80. The number of nitrogens with one attached hydrogen (secondary N) is 3. The summed E-state index contributed by atoms with van der Waals surface area (Å²) in [5, 5.41) is 5.24. The number of benzene rings is 1. The van der Waals surface area contributed by atoms with Crippen molar-refractivity contribution in [1.29, 1.82) is 0 Å². The minimum Gasteiger partial charge on any atom is -0.356 e. The number of aromatic nitrogens is 1. The summed E-state index contributed by atoms with van der Waals surface area (Å²) in [6.07, 6.45) is 0.663. The van der Waals surface area contributed by atoms with E-state index >= 15 is 0 Å². The minimum absolute atomic E-state index is 0.0588. The maximum atomic E-state index is 14.2. The lowest BCUT2D eigenvalue weighted by Gasteiger charge is -2.38. The van der Waals surface area contributed by atoms with Crippen molar-refractivity contribution in [2.45, 2.75) is 84.7 Å². The number of likely N-dealkylation sites (tertiary alicyclic amines) is 1. The van der Waals surface area contributed by atoms with Gasteiger partial charge in [0, 0.05) is 19.0 Å². The van der Waals surface area contributed by atoms with Crippen LogP contribution in [0, 0.1) is 28.6 Å². The SMILES string of the molecule is CC(C)S(=O)(=O)N[C@H](C(=O)N1CC2C(C1C(=O)N[C@@H](C[C@@H]1CCNC1=O)C(=O)c1nc3ccccc3s1)C2(C)C)C(C)(C)C. The van der Waals surface area contributed by atoms with Crippen LogP contribution in [0.5, 0.6) is 0 Å². The highest BCUT2D eigenvalue weighted by Gasteiger charge is 2.70. The fraction of sp³-hybridized carbons (Fsp3) is 0.645. The Kier molecular flexibility index (Phi) is 8.47. The number of thiazole rings is 1. The number of Topliss-reactive ketones (excluding diaryl/α,β-unsaturated/α-hetero) is 1. The van der Waals surface area contributed by atoms with Crippen molar-refractivity contribution in [3.8, 4) is 0 Å². The third kappa shape index (κ3) is 6.02. The van der Waals surface area contributed by atoms with Crippen molar-refractivity contribution >= 4 is 55.1 Å². The van der Waals surface area contributed by atoms with Crippen molar-refractivity contribution in [3.63, 3.8) is 0 Å². The quantitative estimate of drug-likeness (QED) is 0.336. The van der Waals surface area contributed by atoms with E-state index in [1.165, 1.54) is 16.2 Å². The van der Waals surface area contributed by atoms with Gasteiger partial charge < -0.3 is 15.5 Å². The van der Waals surface area contributed by atoms with Gasteiger partial charge in [0.15, 0.2) is 5.01 Å². The summed E-state index contributed by atoms with van der Waals surface area (Å²) >= 11 is 1.24. The van der Waals surface area contributed by atoms with Gasteiger partial charge in [-0.15, -0.1) is 11.3 Å². The number of carbonyl (C=O) groups excluding carboxylic acids is 4. The Bertz CT molecular complexity index is 1560. The average Bonchev–Trinajstić information content (AvgIpc) is 3.45. The summed E-state index contributed by atoms with van der Waals surface area (Å²) in [5.41, 5.74) is -0.300. The first-order valence-electron chi connectivity index (χ1n) is 15.2. The van der Waals surface area contributed by atoms with Crippen LogP contribution in [0.2, 0.25) is 0 Å². The monoisotopic (exact) mass is 645 g/mol. The number of sulfonamides is 1. The van der Waals surface area contributed by atoms with E-state index in [0.29, 0.717) is 25.0 Å². The molecule has 1 aliphatic carbocycles. The molecular formula is C31H43N5O6S2. The number of ketones is 1. The van der Waals surface area contributed by atoms with Crippen LogP contribution in [-0.2, 0) is 24.4 Å². The van der Waals surface area contributed by atoms with Gasteiger partial charge in [0.25, 0.3) is 0 Å². The van der Waals surface area contributed by atoms with Crippen LogP contribution in [0.1, 0.15) is 71.1 Å². The molecular weight excluding hydrogens is 603 g/mol. The molecule has 0 spiro atoms. The van der Waals surface area contributed by atoms with Crippen molar-refractivity contribution in [2.24, 2.45) is 28.6 Å². The molecule has 2 aliphatic heterocycles. The maximum Gasteiger partial charge on any atom is 0.243 e. The second kappa shape index (κ2) is 11.5. The second-order valence-electron chi connectivity index (χ2n) is 14.3. The fourth-order valence-corrected chi connectivity index (χ4v) is 8.66. The Morgan fingerprint density at radius 2 is 1.86 bits per heavy atom. The largest absolute Gasteiger partial charge is 0.356 e. The van der Waals surface area contributed by atoms with Gasteiger partial charge in [-0.1, -0.05) is 46.8 Å². The van der Waals surface area contributed by atoms with Gasteiger partial charge >= 0.3 is 0 Å². The summed E-state index contributed by atoms with van der Waals surface area (Å²) in [5.74, 6) is -2.01. The number of nitrogens with zero attached hydrogens (tertiary/aromatic N) is 2. The van der Waals surface area contributed by atoms with Crippen molar-refractivity contribution < 1.29 is 27.6 Å². The smallest absolute Gasteiger partial charge is 0.243 e. The molecule has 0 radical (unpaired) electrons. The molecule has 6 atom stereocenters. The number of rotatable bonds is 10. The van der Waals surface area contributed by atoms with Crippen LogP contribution in [0.3, 0.4) is 0 Å². The molecule has 3 N–H and O–H groups in total. The van der Waals surface area contributed by atoms with E-state index in [4.69, 9.17) is 0 Å². The molecule has 13 heteroatoms. The Morgan fingerprint density at radius 3 is 2.45 bits per heavy atom. The summed E-state index contributed by atoms with van der Waals surface area (Å²) in [4.78, 5) is 60.8. The molecule has 2 saturated heterocycles. The molecule has 1 aromatic carbocycles. The Labute approximate surface area is 263 Å². The molecule has 3 fully saturated rings. The van der Waals surface area contributed by atoms with Gasteiger partial charge in [-0.3, -0.25) is 19.2 Å². The molecule has 1 saturated carbocycles. The lowest BCUT2D eigenvalue weighted by atomic mass is 9.86. The van der Waals surface area contributed by atoms with Crippen LogP contribution in [0.25, 0.3) is 10.2 Å². The molecule has 5 rings (SSSR count). The van der Waals surface area contributed by atoms with Gasteiger partial charge in [0.2, 0.25) is 33.5 Å². The molecule has 3 aliphatic rings. The zero-order valence-electron chi connectivity index (χ0n) is 26.3.